The monoisotopic (exact) mass is 245 g/mol. The Morgan fingerprint density at radius 3 is 2.88 bits per heavy atom. The molecule has 5 nitrogen and oxygen atoms in total. The number of carbonyl (C=O) groups excluding carboxylic acids is 1. The summed E-state index contributed by atoms with van der Waals surface area (Å²) in [6, 6.07) is 1.53. The van der Waals surface area contributed by atoms with Crippen LogP contribution in [0.5, 0.6) is 5.75 Å². The molecule has 88 valence electrons. The van der Waals surface area contributed by atoms with Gasteiger partial charge in [0.05, 0.1) is 18.3 Å². The van der Waals surface area contributed by atoms with Gasteiger partial charge in [-0.1, -0.05) is 11.6 Å². The number of esters is 1. The van der Waals surface area contributed by atoms with Crippen molar-refractivity contribution in [3.05, 3.63) is 23.5 Å². The van der Waals surface area contributed by atoms with Crippen LogP contribution in [0, 0.1) is 0 Å². The quantitative estimate of drug-likeness (QED) is 0.803. The van der Waals surface area contributed by atoms with Crippen molar-refractivity contribution in [1.29, 1.82) is 0 Å². The third kappa shape index (κ3) is 3.36. The minimum Gasteiger partial charge on any atom is -0.488 e. The molecule has 0 bridgehead atoms. The molecule has 1 rings (SSSR count). The molecule has 0 aliphatic rings. The summed E-state index contributed by atoms with van der Waals surface area (Å²) in [6.07, 6.45) is 2.88. The number of pyridine rings is 1. The van der Waals surface area contributed by atoms with E-state index in [2.05, 4.69) is 9.72 Å². The van der Waals surface area contributed by atoms with E-state index in [1.807, 2.05) is 0 Å². The minimum atomic E-state index is -1.70. The van der Waals surface area contributed by atoms with Crippen molar-refractivity contribution in [2.45, 2.75) is 12.5 Å². The molecule has 16 heavy (non-hydrogen) atoms. The van der Waals surface area contributed by atoms with Gasteiger partial charge in [0.25, 0.3) is 0 Å². The minimum absolute atomic E-state index is 0.234. The van der Waals surface area contributed by atoms with Gasteiger partial charge in [-0.2, -0.15) is 0 Å². The third-order valence-electron chi connectivity index (χ3n) is 1.82. The van der Waals surface area contributed by atoms with Crippen LogP contribution < -0.4 is 4.74 Å². The second kappa shape index (κ2) is 5.14. The van der Waals surface area contributed by atoms with Gasteiger partial charge in [0.15, 0.2) is 5.60 Å². The Morgan fingerprint density at radius 2 is 2.31 bits per heavy atom. The van der Waals surface area contributed by atoms with Gasteiger partial charge in [-0.3, -0.25) is 4.98 Å². The van der Waals surface area contributed by atoms with E-state index in [1.54, 1.807) is 0 Å². The number of hydrogen-bond acceptors (Lipinski definition) is 5. The summed E-state index contributed by atoms with van der Waals surface area (Å²) < 4.78 is 9.59. The standard InChI is InChI=1S/C10H12ClNO4/c1-10(14,9(13)15-2)6-16-8-3-7(11)4-12-5-8/h3-5,14H,6H2,1-2H3. The summed E-state index contributed by atoms with van der Waals surface area (Å²) >= 11 is 5.69. The highest BCUT2D eigenvalue weighted by atomic mass is 35.5. The Labute approximate surface area is 98.0 Å². The normalized spacial score (nSPS) is 14.0. The number of aliphatic hydroxyl groups is 1. The number of aromatic nitrogens is 1. The van der Waals surface area contributed by atoms with E-state index in [0.717, 1.165) is 0 Å². The molecule has 1 unspecified atom stereocenters. The van der Waals surface area contributed by atoms with Crippen molar-refractivity contribution in [2.75, 3.05) is 13.7 Å². The van der Waals surface area contributed by atoms with Gasteiger partial charge in [-0.05, 0) is 6.92 Å². The molecular formula is C10H12ClNO4. The van der Waals surface area contributed by atoms with Gasteiger partial charge in [0.2, 0.25) is 0 Å². The van der Waals surface area contributed by atoms with E-state index in [9.17, 15) is 9.90 Å². The number of halogens is 1. The molecule has 0 saturated carbocycles. The molecular weight excluding hydrogens is 234 g/mol. The number of nitrogens with zero attached hydrogens (tertiary/aromatic N) is 1. The highest BCUT2D eigenvalue weighted by Crippen LogP contribution is 2.17. The molecule has 0 saturated heterocycles. The van der Waals surface area contributed by atoms with Gasteiger partial charge in [0, 0.05) is 12.3 Å². The fourth-order valence-electron chi connectivity index (χ4n) is 0.974. The largest absolute Gasteiger partial charge is 0.488 e. The number of rotatable bonds is 4. The van der Waals surface area contributed by atoms with Crippen molar-refractivity contribution < 1.29 is 19.4 Å². The first kappa shape index (κ1) is 12.7. The van der Waals surface area contributed by atoms with Gasteiger partial charge in [0.1, 0.15) is 12.4 Å². The van der Waals surface area contributed by atoms with Crippen molar-refractivity contribution in [1.82, 2.24) is 4.98 Å². The van der Waals surface area contributed by atoms with E-state index in [-0.39, 0.29) is 6.61 Å². The lowest BCUT2D eigenvalue weighted by Gasteiger charge is -2.20. The van der Waals surface area contributed by atoms with Crippen LogP contribution in [-0.4, -0.2) is 35.4 Å². The van der Waals surface area contributed by atoms with E-state index in [0.29, 0.717) is 10.8 Å². The zero-order valence-corrected chi connectivity index (χ0v) is 9.69. The van der Waals surface area contributed by atoms with Crippen molar-refractivity contribution in [2.24, 2.45) is 0 Å². The van der Waals surface area contributed by atoms with Crippen LogP contribution in [0.3, 0.4) is 0 Å². The van der Waals surface area contributed by atoms with Crippen LogP contribution in [0.15, 0.2) is 18.5 Å². The van der Waals surface area contributed by atoms with Gasteiger partial charge in [-0.15, -0.1) is 0 Å². The lowest BCUT2D eigenvalue weighted by atomic mass is 10.1. The van der Waals surface area contributed by atoms with Crippen LogP contribution in [-0.2, 0) is 9.53 Å². The van der Waals surface area contributed by atoms with Crippen LogP contribution in [0.25, 0.3) is 0 Å². The fraction of sp³-hybridized carbons (Fsp3) is 0.400. The Bertz CT molecular complexity index is 381. The summed E-state index contributed by atoms with van der Waals surface area (Å²) in [7, 11) is 1.19. The Balaban J connectivity index is 2.61. The first-order chi connectivity index (χ1) is 7.45. The number of hydrogen-bond donors (Lipinski definition) is 1. The molecule has 0 radical (unpaired) electrons. The average Bonchev–Trinajstić information content (AvgIpc) is 2.25. The fourth-order valence-corrected chi connectivity index (χ4v) is 1.14. The van der Waals surface area contributed by atoms with Crippen LogP contribution in [0.4, 0.5) is 0 Å². The highest BCUT2D eigenvalue weighted by molar-refractivity contribution is 6.30. The summed E-state index contributed by atoms with van der Waals surface area (Å²) in [6.45, 7) is 1.07. The maximum absolute atomic E-state index is 11.1. The van der Waals surface area contributed by atoms with Gasteiger partial charge >= 0.3 is 5.97 Å². The molecule has 6 heteroatoms. The van der Waals surface area contributed by atoms with Crippen molar-refractivity contribution in [3.63, 3.8) is 0 Å². The summed E-state index contributed by atoms with van der Waals surface area (Å²) in [5.41, 5.74) is -1.70. The Hall–Kier alpha value is -1.33. The van der Waals surface area contributed by atoms with Crippen LogP contribution in [0.1, 0.15) is 6.92 Å². The molecule has 0 aliphatic heterocycles. The van der Waals surface area contributed by atoms with E-state index in [1.165, 1.54) is 32.5 Å². The number of ether oxygens (including phenoxy) is 2. The third-order valence-corrected chi connectivity index (χ3v) is 2.03. The molecule has 1 aromatic heterocycles. The van der Waals surface area contributed by atoms with Crippen molar-refractivity contribution >= 4 is 17.6 Å². The van der Waals surface area contributed by atoms with Crippen molar-refractivity contribution in [3.8, 4) is 5.75 Å². The second-order valence-corrected chi connectivity index (χ2v) is 3.83. The maximum atomic E-state index is 11.1. The average molecular weight is 246 g/mol. The molecule has 1 heterocycles. The van der Waals surface area contributed by atoms with Crippen LogP contribution >= 0.6 is 11.6 Å². The molecule has 0 aliphatic carbocycles. The smallest absolute Gasteiger partial charge is 0.341 e. The van der Waals surface area contributed by atoms with E-state index < -0.39 is 11.6 Å². The van der Waals surface area contributed by atoms with Crippen LogP contribution in [0.2, 0.25) is 5.02 Å². The first-order valence-electron chi connectivity index (χ1n) is 4.50. The zero-order valence-electron chi connectivity index (χ0n) is 8.94. The number of methoxy groups -OCH3 is 1. The molecule has 0 spiro atoms. The molecule has 0 amide bonds. The SMILES string of the molecule is COC(=O)C(C)(O)COc1cncc(Cl)c1. The summed E-state index contributed by atoms with van der Waals surface area (Å²) in [5.74, 6) is -0.390. The summed E-state index contributed by atoms with van der Waals surface area (Å²) in [4.78, 5) is 14.9. The summed E-state index contributed by atoms with van der Waals surface area (Å²) in [5, 5.41) is 10.1. The predicted octanol–water partition coefficient (Wildman–Crippen LogP) is 1.04. The lowest BCUT2D eigenvalue weighted by molar-refractivity contribution is -0.163. The second-order valence-electron chi connectivity index (χ2n) is 3.39. The van der Waals surface area contributed by atoms with Gasteiger partial charge in [-0.25, -0.2) is 4.79 Å². The zero-order chi connectivity index (χ0) is 12.2. The molecule has 1 aromatic rings. The lowest BCUT2D eigenvalue weighted by Crippen LogP contribution is -2.42. The number of carbonyl (C=O) groups is 1. The first-order valence-corrected chi connectivity index (χ1v) is 4.87. The van der Waals surface area contributed by atoms with E-state index >= 15 is 0 Å². The highest BCUT2D eigenvalue weighted by Gasteiger charge is 2.32. The molecule has 0 fully saturated rings. The Kier molecular flexibility index (Phi) is 4.09. The predicted molar refractivity (Wildman–Crippen MR) is 57.4 cm³/mol. The topological polar surface area (TPSA) is 68.7 Å². The molecule has 1 atom stereocenters. The Morgan fingerprint density at radius 1 is 1.62 bits per heavy atom. The molecule has 1 N–H and O–H groups in total. The van der Waals surface area contributed by atoms with E-state index in [4.69, 9.17) is 16.3 Å². The van der Waals surface area contributed by atoms with Gasteiger partial charge < -0.3 is 14.6 Å². The molecule has 0 aromatic carbocycles. The maximum Gasteiger partial charge on any atom is 0.341 e.